The fourth-order valence-electron chi connectivity index (χ4n) is 2.43. The molecule has 0 spiro atoms. The van der Waals surface area contributed by atoms with E-state index in [0.29, 0.717) is 18.0 Å². The van der Waals surface area contributed by atoms with Crippen molar-refractivity contribution >= 4 is 0 Å². The van der Waals surface area contributed by atoms with Crippen LogP contribution in [0.15, 0.2) is 0 Å². The Bertz CT molecular complexity index is 200. The lowest BCUT2D eigenvalue weighted by Crippen LogP contribution is -2.49. The third-order valence-electron chi connectivity index (χ3n) is 3.62. The second kappa shape index (κ2) is 8.03. The van der Waals surface area contributed by atoms with Crippen molar-refractivity contribution in [2.75, 3.05) is 47.1 Å². The molecule has 0 saturated carbocycles. The van der Waals surface area contributed by atoms with E-state index in [2.05, 4.69) is 31.1 Å². The maximum atomic E-state index is 5.60. The molecule has 1 aliphatic rings. The van der Waals surface area contributed by atoms with Crippen molar-refractivity contribution in [2.45, 2.75) is 32.4 Å². The molecule has 0 bridgehead atoms. The number of likely N-dealkylation sites (N-methyl/N-ethyl adjacent to an activating group) is 1. The molecule has 0 aromatic heterocycles. The summed E-state index contributed by atoms with van der Waals surface area (Å²) in [6.07, 6.45) is 1.13. The van der Waals surface area contributed by atoms with Crippen molar-refractivity contribution in [3.05, 3.63) is 0 Å². The lowest BCUT2D eigenvalue weighted by atomic mass is 9.95. The van der Waals surface area contributed by atoms with E-state index < -0.39 is 0 Å². The maximum Gasteiger partial charge on any atom is 0.0615 e. The average molecular weight is 244 g/mol. The molecule has 3 atom stereocenters. The first-order chi connectivity index (χ1) is 8.19. The Balaban J connectivity index is 2.40. The Labute approximate surface area is 106 Å². The summed E-state index contributed by atoms with van der Waals surface area (Å²) in [6, 6.07) is 1.06. The number of ether oxygens (including phenoxy) is 2. The second-order valence-electron chi connectivity index (χ2n) is 5.03. The van der Waals surface area contributed by atoms with Gasteiger partial charge < -0.3 is 19.7 Å². The fourth-order valence-corrected chi connectivity index (χ4v) is 2.43. The third kappa shape index (κ3) is 4.92. The standard InChI is InChI=1S/C13H28N2O2/c1-5-14-13-6-7-17-10-12(13)8-15(3)11(2)9-16-4/h11-14H,5-10H2,1-4H3. The molecule has 4 heteroatoms. The van der Waals surface area contributed by atoms with Crippen molar-refractivity contribution in [1.82, 2.24) is 10.2 Å². The molecule has 0 radical (unpaired) electrons. The quantitative estimate of drug-likeness (QED) is 0.723. The molecule has 1 fully saturated rings. The predicted molar refractivity (Wildman–Crippen MR) is 70.4 cm³/mol. The predicted octanol–water partition coefficient (Wildman–Crippen LogP) is 0.968. The van der Waals surface area contributed by atoms with Crippen molar-refractivity contribution in [3.63, 3.8) is 0 Å². The lowest BCUT2D eigenvalue weighted by Gasteiger charge is -2.36. The second-order valence-corrected chi connectivity index (χ2v) is 5.03. The molecular formula is C13H28N2O2. The highest BCUT2D eigenvalue weighted by molar-refractivity contribution is 4.82. The maximum absolute atomic E-state index is 5.60. The SMILES string of the molecule is CCNC1CCOCC1CN(C)C(C)COC. The smallest absolute Gasteiger partial charge is 0.0615 e. The highest BCUT2D eigenvalue weighted by atomic mass is 16.5. The average Bonchev–Trinajstić information content (AvgIpc) is 2.32. The Morgan fingerprint density at radius 3 is 2.94 bits per heavy atom. The van der Waals surface area contributed by atoms with Crippen LogP contribution in [0.25, 0.3) is 0 Å². The number of hydrogen-bond acceptors (Lipinski definition) is 4. The van der Waals surface area contributed by atoms with Gasteiger partial charge in [-0.3, -0.25) is 0 Å². The van der Waals surface area contributed by atoms with Gasteiger partial charge in [-0.15, -0.1) is 0 Å². The first kappa shape index (κ1) is 14.9. The Morgan fingerprint density at radius 2 is 2.29 bits per heavy atom. The molecule has 17 heavy (non-hydrogen) atoms. The van der Waals surface area contributed by atoms with Crippen LogP contribution >= 0.6 is 0 Å². The largest absolute Gasteiger partial charge is 0.383 e. The van der Waals surface area contributed by atoms with Gasteiger partial charge in [0.25, 0.3) is 0 Å². The van der Waals surface area contributed by atoms with Gasteiger partial charge in [0.15, 0.2) is 0 Å². The minimum Gasteiger partial charge on any atom is -0.383 e. The van der Waals surface area contributed by atoms with E-state index in [1.165, 1.54) is 0 Å². The molecule has 1 heterocycles. The van der Waals surface area contributed by atoms with Crippen LogP contribution in [0, 0.1) is 5.92 Å². The summed E-state index contributed by atoms with van der Waals surface area (Å²) in [6.45, 7) is 9.04. The fraction of sp³-hybridized carbons (Fsp3) is 1.00. The summed E-state index contributed by atoms with van der Waals surface area (Å²) in [4.78, 5) is 2.37. The molecule has 0 aromatic carbocycles. The summed E-state index contributed by atoms with van der Waals surface area (Å²) in [7, 11) is 3.93. The molecule has 4 nitrogen and oxygen atoms in total. The molecule has 0 aliphatic carbocycles. The zero-order chi connectivity index (χ0) is 12.7. The molecule has 0 amide bonds. The zero-order valence-corrected chi connectivity index (χ0v) is 11.7. The van der Waals surface area contributed by atoms with E-state index in [-0.39, 0.29) is 0 Å². The van der Waals surface area contributed by atoms with Crippen molar-refractivity contribution in [3.8, 4) is 0 Å². The highest BCUT2D eigenvalue weighted by Gasteiger charge is 2.27. The van der Waals surface area contributed by atoms with Gasteiger partial charge in [0.2, 0.25) is 0 Å². The number of hydrogen-bond donors (Lipinski definition) is 1. The van der Waals surface area contributed by atoms with Crippen LogP contribution in [0.4, 0.5) is 0 Å². The van der Waals surface area contributed by atoms with Gasteiger partial charge in [0.1, 0.15) is 0 Å². The van der Waals surface area contributed by atoms with Gasteiger partial charge in [-0.2, -0.15) is 0 Å². The molecule has 1 aliphatic heterocycles. The van der Waals surface area contributed by atoms with Crippen LogP contribution in [-0.4, -0.2) is 64.1 Å². The number of nitrogens with one attached hydrogen (secondary N) is 1. The number of rotatable bonds is 7. The Hall–Kier alpha value is -0.160. The van der Waals surface area contributed by atoms with Gasteiger partial charge in [-0.05, 0) is 26.9 Å². The summed E-state index contributed by atoms with van der Waals surface area (Å²) in [5.41, 5.74) is 0. The van der Waals surface area contributed by atoms with Gasteiger partial charge in [-0.25, -0.2) is 0 Å². The Kier molecular flexibility index (Phi) is 7.04. The Morgan fingerprint density at radius 1 is 1.53 bits per heavy atom. The molecule has 1 rings (SSSR count). The van der Waals surface area contributed by atoms with E-state index in [0.717, 1.165) is 39.3 Å². The highest BCUT2D eigenvalue weighted by Crippen LogP contribution is 2.16. The minimum atomic E-state index is 0.462. The molecular weight excluding hydrogens is 216 g/mol. The molecule has 3 unspecified atom stereocenters. The van der Waals surface area contributed by atoms with Crippen molar-refractivity contribution in [1.29, 1.82) is 0 Å². The molecule has 1 saturated heterocycles. The summed E-state index contributed by atoms with van der Waals surface area (Å²) < 4.78 is 10.8. The van der Waals surface area contributed by atoms with E-state index in [9.17, 15) is 0 Å². The summed E-state index contributed by atoms with van der Waals surface area (Å²) >= 11 is 0. The lowest BCUT2D eigenvalue weighted by molar-refractivity contribution is 0.01000. The van der Waals surface area contributed by atoms with Crippen LogP contribution in [0.5, 0.6) is 0 Å². The van der Waals surface area contributed by atoms with E-state index >= 15 is 0 Å². The van der Waals surface area contributed by atoms with Gasteiger partial charge in [0.05, 0.1) is 13.2 Å². The molecule has 0 aromatic rings. The number of nitrogens with zero attached hydrogens (tertiary/aromatic N) is 1. The molecule has 1 N–H and O–H groups in total. The minimum absolute atomic E-state index is 0.462. The zero-order valence-electron chi connectivity index (χ0n) is 11.7. The van der Waals surface area contributed by atoms with E-state index in [1.54, 1.807) is 7.11 Å². The van der Waals surface area contributed by atoms with E-state index in [1.807, 2.05) is 0 Å². The third-order valence-corrected chi connectivity index (χ3v) is 3.62. The van der Waals surface area contributed by atoms with Gasteiger partial charge in [0, 0.05) is 38.3 Å². The first-order valence-electron chi connectivity index (χ1n) is 6.69. The topological polar surface area (TPSA) is 33.7 Å². The van der Waals surface area contributed by atoms with Crippen LogP contribution in [0.2, 0.25) is 0 Å². The normalized spacial score (nSPS) is 27.4. The summed E-state index contributed by atoms with van der Waals surface area (Å²) in [5.74, 6) is 0.591. The van der Waals surface area contributed by atoms with Crippen LogP contribution in [0.3, 0.4) is 0 Å². The van der Waals surface area contributed by atoms with Gasteiger partial charge in [-0.1, -0.05) is 6.92 Å². The van der Waals surface area contributed by atoms with Crippen LogP contribution in [0.1, 0.15) is 20.3 Å². The first-order valence-corrected chi connectivity index (χ1v) is 6.69. The van der Waals surface area contributed by atoms with Crippen LogP contribution in [-0.2, 0) is 9.47 Å². The van der Waals surface area contributed by atoms with Crippen LogP contribution < -0.4 is 5.32 Å². The van der Waals surface area contributed by atoms with Gasteiger partial charge >= 0.3 is 0 Å². The van der Waals surface area contributed by atoms with E-state index in [4.69, 9.17) is 9.47 Å². The molecule has 102 valence electrons. The summed E-state index contributed by atoms with van der Waals surface area (Å²) in [5, 5.41) is 3.57. The van der Waals surface area contributed by atoms with Crippen molar-refractivity contribution in [2.24, 2.45) is 5.92 Å². The van der Waals surface area contributed by atoms with Crippen molar-refractivity contribution < 1.29 is 9.47 Å². The monoisotopic (exact) mass is 244 g/mol. The number of methoxy groups -OCH3 is 1.